The van der Waals surface area contributed by atoms with Crippen LogP contribution >= 0.6 is 0 Å². The average molecular weight is 339 g/mol. The average Bonchev–Trinajstić information content (AvgIpc) is 2.85. The molecule has 0 atom stereocenters. The molecule has 0 radical (unpaired) electrons. The van der Waals surface area contributed by atoms with Crippen LogP contribution in [-0.2, 0) is 0 Å². The highest BCUT2D eigenvalue weighted by Gasteiger charge is 2.27. The molecule has 25 heavy (non-hydrogen) atoms. The number of nitrogen functional groups attached to an aromatic ring is 1. The minimum absolute atomic E-state index is 0.217. The molecule has 4 heteroatoms. The highest BCUT2D eigenvalue weighted by atomic mass is 16.1. The van der Waals surface area contributed by atoms with E-state index in [1.807, 2.05) is 44.2 Å². The Labute approximate surface area is 150 Å². The molecule has 0 aliphatic carbocycles. The summed E-state index contributed by atoms with van der Waals surface area (Å²) in [5, 5.41) is 0. The minimum Gasteiger partial charge on any atom is -0.399 e. The molecule has 1 aliphatic rings. The van der Waals surface area contributed by atoms with E-state index in [9.17, 15) is 4.79 Å². The predicted molar refractivity (Wildman–Crippen MR) is 103 cm³/mol. The molecule has 0 bridgehead atoms. The van der Waals surface area contributed by atoms with E-state index in [1.54, 1.807) is 0 Å². The van der Waals surface area contributed by atoms with E-state index < -0.39 is 0 Å². The zero-order chi connectivity index (χ0) is 18.2. The van der Waals surface area contributed by atoms with Gasteiger partial charge in [0.1, 0.15) is 0 Å². The molecule has 4 nitrogen and oxygen atoms in total. The number of anilines is 1. The maximum Gasteiger partial charge on any atom is 0.178 e. The van der Waals surface area contributed by atoms with Crippen molar-refractivity contribution in [2.45, 2.75) is 40.5 Å². The van der Waals surface area contributed by atoms with Crippen molar-refractivity contribution in [1.29, 1.82) is 0 Å². The van der Waals surface area contributed by atoms with Crippen molar-refractivity contribution in [2.75, 3.05) is 25.4 Å². The molecule has 2 heterocycles. The number of nitrogens with two attached hydrogens (primary N) is 1. The van der Waals surface area contributed by atoms with Crippen LogP contribution in [0.1, 0.15) is 48.4 Å². The van der Waals surface area contributed by atoms with E-state index in [4.69, 9.17) is 5.73 Å². The molecular formula is C21H29N3O. The summed E-state index contributed by atoms with van der Waals surface area (Å²) in [6, 6.07) is 9.80. The second-order valence-electron chi connectivity index (χ2n) is 8.08. The summed E-state index contributed by atoms with van der Waals surface area (Å²) in [7, 11) is 0. The van der Waals surface area contributed by atoms with Crippen molar-refractivity contribution >= 4 is 11.5 Å². The number of nitrogens with zero attached hydrogens (tertiary/aromatic N) is 2. The molecule has 1 aromatic heterocycles. The Balaban J connectivity index is 1.78. The number of ketones is 1. The Bertz CT molecular complexity index is 761. The molecule has 0 amide bonds. The van der Waals surface area contributed by atoms with Gasteiger partial charge in [-0.25, -0.2) is 0 Å². The van der Waals surface area contributed by atoms with Gasteiger partial charge in [-0.05, 0) is 75.5 Å². The number of piperidine rings is 1. The number of carbonyl (C=O) groups excluding carboxylic acids is 1. The zero-order valence-corrected chi connectivity index (χ0v) is 15.8. The van der Waals surface area contributed by atoms with Crippen molar-refractivity contribution in [2.24, 2.45) is 5.41 Å². The summed E-state index contributed by atoms with van der Waals surface area (Å²) < 4.78 is 2.13. The third-order valence-corrected chi connectivity index (χ3v) is 5.46. The van der Waals surface area contributed by atoms with Crippen molar-refractivity contribution < 1.29 is 4.79 Å². The third-order valence-electron chi connectivity index (χ3n) is 5.46. The minimum atomic E-state index is 0.217. The van der Waals surface area contributed by atoms with Crippen LogP contribution in [0.2, 0.25) is 0 Å². The van der Waals surface area contributed by atoms with Crippen LogP contribution in [-0.4, -0.2) is 34.9 Å². The highest BCUT2D eigenvalue weighted by molar-refractivity contribution is 5.99. The summed E-state index contributed by atoms with van der Waals surface area (Å²) in [5.74, 6) is 0.217. The van der Waals surface area contributed by atoms with Crippen molar-refractivity contribution in [1.82, 2.24) is 9.47 Å². The summed E-state index contributed by atoms with van der Waals surface area (Å²) in [6.07, 6.45) is 2.31. The van der Waals surface area contributed by atoms with Crippen molar-refractivity contribution in [3.8, 4) is 5.69 Å². The van der Waals surface area contributed by atoms with Gasteiger partial charge in [-0.2, -0.15) is 0 Å². The third kappa shape index (κ3) is 3.79. The maximum absolute atomic E-state index is 12.9. The Morgan fingerprint density at radius 2 is 1.72 bits per heavy atom. The molecule has 3 rings (SSSR count). The van der Waals surface area contributed by atoms with E-state index in [0.717, 1.165) is 54.3 Å². The Morgan fingerprint density at radius 3 is 2.32 bits per heavy atom. The van der Waals surface area contributed by atoms with E-state index >= 15 is 0 Å². The SMILES string of the molecule is Cc1cc(C(=O)CN2CCC(C)(C)CC2)c(C)n1-c1ccc(N)cc1. The molecule has 0 saturated carbocycles. The van der Waals surface area contributed by atoms with Gasteiger partial charge in [0.2, 0.25) is 0 Å². The number of hydrogen-bond donors (Lipinski definition) is 1. The summed E-state index contributed by atoms with van der Waals surface area (Å²) in [5.41, 5.74) is 10.9. The zero-order valence-electron chi connectivity index (χ0n) is 15.8. The van der Waals surface area contributed by atoms with Crippen LogP contribution in [0, 0.1) is 19.3 Å². The molecule has 1 aromatic carbocycles. The van der Waals surface area contributed by atoms with Crippen molar-refractivity contribution in [3.63, 3.8) is 0 Å². The second-order valence-corrected chi connectivity index (χ2v) is 8.08. The van der Waals surface area contributed by atoms with Gasteiger partial charge in [0.05, 0.1) is 6.54 Å². The standard InChI is InChI=1S/C21H29N3O/c1-15-13-19(16(2)24(15)18-7-5-17(22)6-8-18)20(25)14-23-11-9-21(3,4)10-12-23/h5-8,13H,9-12,14,22H2,1-4H3. The van der Waals surface area contributed by atoms with Gasteiger partial charge < -0.3 is 10.3 Å². The number of Topliss-reactive ketones (excluding diaryl/α,β-unsaturated/α-hetero) is 1. The fourth-order valence-corrected chi connectivity index (χ4v) is 3.67. The summed E-state index contributed by atoms with van der Waals surface area (Å²) in [4.78, 5) is 15.2. The van der Waals surface area contributed by atoms with Crippen LogP contribution in [0.5, 0.6) is 0 Å². The molecule has 0 unspecified atom stereocenters. The van der Waals surface area contributed by atoms with E-state index in [-0.39, 0.29) is 5.78 Å². The molecule has 0 spiro atoms. The van der Waals surface area contributed by atoms with Crippen LogP contribution in [0.3, 0.4) is 0 Å². The monoisotopic (exact) mass is 339 g/mol. The number of hydrogen-bond acceptors (Lipinski definition) is 3. The van der Waals surface area contributed by atoms with Crippen LogP contribution in [0.4, 0.5) is 5.69 Å². The number of rotatable bonds is 4. The number of aryl methyl sites for hydroxylation is 1. The normalized spacial score (nSPS) is 17.6. The predicted octanol–water partition coefficient (Wildman–Crippen LogP) is 3.98. The first-order valence-electron chi connectivity index (χ1n) is 9.07. The topological polar surface area (TPSA) is 51.3 Å². The van der Waals surface area contributed by atoms with E-state index in [0.29, 0.717) is 12.0 Å². The quantitative estimate of drug-likeness (QED) is 0.677. The number of benzene rings is 1. The van der Waals surface area contributed by atoms with Gasteiger partial charge >= 0.3 is 0 Å². The fraction of sp³-hybridized carbons (Fsp3) is 0.476. The van der Waals surface area contributed by atoms with Gasteiger partial charge in [-0.3, -0.25) is 9.69 Å². The molecule has 2 N–H and O–H groups in total. The van der Waals surface area contributed by atoms with E-state index in [2.05, 4.69) is 23.3 Å². The number of aromatic nitrogens is 1. The van der Waals surface area contributed by atoms with Crippen LogP contribution < -0.4 is 5.73 Å². The first kappa shape index (κ1) is 17.7. The lowest BCUT2D eigenvalue weighted by Gasteiger charge is -2.36. The van der Waals surface area contributed by atoms with Gasteiger partial charge in [-0.15, -0.1) is 0 Å². The summed E-state index contributed by atoms with van der Waals surface area (Å²) in [6.45, 7) is 11.2. The lowest BCUT2D eigenvalue weighted by molar-refractivity contribution is 0.0845. The Morgan fingerprint density at radius 1 is 1.12 bits per heavy atom. The largest absolute Gasteiger partial charge is 0.399 e. The molecule has 1 aliphatic heterocycles. The van der Waals surface area contributed by atoms with Crippen LogP contribution in [0.15, 0.2) is 30.3 Å². The van der Waals surface area contributed by atoms with Gasteiger partial charge in [0, 0.05) is 28.3 Å². The maximum atomic E-state index is 12.9. The van der Waals surface area contributed by atoms with E-state index in [1.165, 1.54) is 0 Å². The lowest BCUT2D eigenvalue weighted by atomic mass is 9.82. The summed E-state index contributed by atoms with van der Waals surface area (Å²) >= 11 is 0. The Kier molecular flexibility index (Phi) is 4.74. The molecule has 134 valence electrons. The van der Waals surface area contributed by atoms with Gasteiger partial charge in [0.15, 0.2) is 5.78 Å². The molecule has 1 fully saturated rings. The molecule has 1 saturated heterocycles. The first-order valence-corrected chi connectivity index (χ1v) is 9.07. The van der Waals surface area contributed by atoms with Gasteiger partial charge in [-0.1, -0.05) is 13.8 Å². The highest BCUT2D eigenvalue weighted by Crippen LogP contribution is 2.30. The smallest absolute Gasteiger partial charge is 0.178 e. The Hall–Kier alpha value is -2.07. The fourth-order valence-electron chi connectivity index (χ4n) is 3.67. The number of carbonyl (C=O) groups is 1. The van der Waals surface area contributed by atoms with Gasteiger partial charge in [0.25, 0.3) is 0 Å². The first-order chi connectivity index (χ1) is 11.8. The van der Waals surface area contributed by atoms with Crippen LogP contribution in [0.25, 0.3) is 5.69 Å². The second kappa shape index (κ2) is 6.68. The molecule has 2 aromatic rings. The molecular weight excluding hydrogens is 310 g/mol. The van der Waals surface area contributed by atoms with Crippen molar-refractivity contribution in [3.05, 3.63) is 47.3 Å². The number of likely N-dealkylation sites (tertiary alicyclic amines) is 1. The lowest BCUT2D eigenvalue weighted by Crippen LogP contribution is -2.40.